The number of anilines is 1. The van der Waals surface area contributed by atoms with Crippen molar-refractivity contribution in [2.75, 3.05) is 4.90 Å². The average Bonchev–Trinajstić information content (AvgIpc) is 2.72. The molecule has 0 aromatic heterocycles. The van der Waals surface area contributed by atoms with Crippen molar-refractivity contribution in [2.24, 2.45) is 5.92 Å². The molecule has 0 N–H and O–H groups in total. The predicted octanol–water partition coefficient (Wildman–Crippen LogP) is 5.21. The topological polar surface area (TPSA) is 3.24 Å². The number of para-hydroxylation sites is 1. The van der Waals surface area contributed by atoms with Crippen LogP contribution >= 0.6 is 0 Å². The second-order valence-electron chi connectivity index (χ2n) is 5.52. The Morgan fingerprint density at radius 2 is 1.90 bits per heavy atom. The third kappa shape index (κ3) is 2.03. The van der Waals surface area contributed by atoms with Crippen LogP contribution < -0.4 is 4.90 Å². The van der Waals surface area contributed by atoms with Gasteiger partial charge in [0.1, 0.15) is 0 Å². The van der Waals surface area contributed by atoms with Gasteiger partial charge in [0.2, 0.25) is 0 Å². The Balaban J connectivity index is 2.13. The van der Waals surface area contributed by atoms with Crippen molar-refractivity contribution < 1.29 is 0 Å². The highest BCUT2D eigenvalue weighted by atomic mass is 15.2. The Hall–Kier alpha value is -2.02. The highest BCUT2D eigenvalue weighted by molar-refractivity contribution is 5.67. The molecule has 3 rings (SSSR count). The molecule has 1 aromatic rings. The number of hydrogen-bond acceptors (Lipinski definition) is 1. The van der Waals surface area contributed by atoms with E-state index in [-0.39, 0.29) is 0 Å². The molecule has 0 spiro atoms. The monoisotopic (exact) mass is 263 g/mol. The molecule has 1 heteroatoms. The molecule has 1 atom stereocenters. The smallest absolute Gasteiger partial charge is 0.0455 e. The van der Waals surface area contributed by atoms with E-state index in [4.69, 9.17) is 0 Å². The first-order chi connectivity index (χ1) is 9.72. The SMILES string of the molecule is C/C=C\C1=C(C)N(c2ccccc2)C2=CC(C)=CCC21. The van der Waals surface area contributed by atoms with E-state index >= 15 is 0 Å². The van der Waals surface area contributed by atoms with Crippen LogP contribution in [0.5, 0.6) is 0 Å². The van der Waals surface area contributed by atoms with Gasteiger partial charge in [-0.3, -0.25) is 0 Å². The third-order valence-electron chi connectivity index (χ3n) is 4.16. The summed E-state index contributed by atoms with van der Waals surface area (Å²) in [6, 6.07) is 10.7. The molecule has 1 aromatic carbocycles. The summed E-state index contributed by atoms with van der Waals surface area (Å²) in [5, 5.41) is 0. The first-order valence-corrected chi connectivity index (χ1v) is 7.29. The predicted molar refractivity (Wildman–Crippen MR) is 86.4 cm³/mol. The largest absolute Gasteiger partial charge is 0.317 e. The number of nitrogens with zero attached hydrogens (tertiary/aromatic N) is 1. The first-order valence-electron chi connectivity index (χ1n) is 7.29. The van der Waals surface area contributed by atoms with Crippen molar-refractivity contribution in [3.05, 3.63) is 77.2 Å². The minimum Gasteiger partial charge on any atom is -0.317 e. The van der Waals surface area contributed by atoms with Crippen molar-refractivity contribution >= 4 is 5.69 Å². The molecule has 1 aliphatic carbocycles. The van der Waals surface area contributed by atoms with Crippen LogP contribution in [0.2, 0.25) is 0 Å². The standard InChI is InChI=1S/C19H21N/c1-4-8-17-15(3)20(16-9-6-5-7-10-16)19-13-14(2)11-12-18(17)19/h4-11,13,18H,12H2,1-3H3/b8-4-. The lowest BCUT2D eigenvalue weighted by Gasteiger charge is -2.26. The van der Waals surface area contributed by atoms with Crippen molar-refractivity contribution in [3.8, 4) is 0 Å². The summed E-state index contributed by atoms with van der Waals surface area (Å²) >= 11 is 0. The zero-order chi connectivity index (χ0) is 14.1. The van der Waals surface area contributed by atoms with Gasteiger partial charge in [-0.15, -0.1) is 0 Å². The van der Waals surface area contributed by atoms with E-state index in [1.165, 1.54) is 28.2 Å². The number of hydrogen-bond donors (Lipinski definition) is 0. The van der Waals surface area contributed by atoms with Gasteiger partial charge in [-0.25, -0.2) is 0 Å². The lowest BCUT2D eigenvalue weighted by atomic mass is 9.89. The Morgan fingerprint density at radius 3 is 2.60 bits per heavy atom. The van der Waals surface area contributed by atoms with Gasteiger partial charge >= 0.3 is 0 Å². The first kappa shape index (κ1) is 13.0. The Kier molecular flexibility index (Phi) is 3.35. The molecule has 0 radical (unpaired) electrons. The highest BCUT2D eigenvalue weighted by Crippen LogP contribution is 2.44. The molecule has 2 aliphatic rings. The number of rotatable bonds is 2. The second kappa shape index (κ2) is 5.16. The fourth-order valence-corrected chi connectivity index (χ4v) is 3.23. The number of allylic oxidation sites excluding steroid dienone is 7. The van der Waals surface area contributed by atoms with E-state index in [2.05, 4.69) is 80.3 Å². The van der Waals surface area contributed by atoms with E-state index in [1.54, 1.807) is 0 Å². The van der Waals surface area contributed by atoms with E-state index in [1.807, 2.05) is 0 Å². The van der Waals surface area contributed by atoms with Crippen molar-refractivity contribution in [1.29, 1.82) is 0 Å². The van der Waals surface area contributed by atoms with Gasteiger partial charge in [0.05, 0.1) is 0 Å². The zero-order valence-electron chi connectivity index (χ0n) is 12.4. The van der Waals surface area contributed by atoms with Gasteiger partial charge in [0.25, 0.3) is 0 Å². The van der Waals surface area contributed by atoms with Crippen LogP contribution in [0.25, 0.3) is 0 Å². The molecule has 0 saturated heterocycles. The van der Waals surface area contributed by atoms with Crippen LogP contribution in [-0.4, -0.2) is 0 Å². The maximum absolute atomic E-state index is 2.41. The minimum absolute atomic E-state index is 0.509. The molecular formula is C19H21N. The van der Waals surface area contributed by atoms with Crippen molar-refractivity contribution in [1.82, 2.24) is 0 Å². The second-order valence-corrected chi connectivity index (χ2v) is 5.52. The van der Waals surface area contributed by atoms with Crippen LogP contribution in [0.3, 0.4) is 0 Å². The number of fused-ring (bicyclic) bond motifs is 1. The maximum Gasteiger partial charge on any atom is 0.0455 e. The molecule has 1 unspecified atom stereocenters. The Bertz CT molecular complexity index is 629. The third-order valence-corrected chi connectivity index (χ3v) is 4.16. The van der Waals surface area contributed by atoms with Crippen LogP contribution in [0.15, 0.2) is 77.2 Å². The molecule has 0 amide bonds. The maximum atomic E-state index is 2.41. The summed E-state index contributed by atoms with van der Waals surface area (Å²) in [5.74, 6) is 0.509. The van der Waals surface area contributed by atoms with Crippen LogP contribution in [0.1, 0.15) is 27.2 Å². The van der Waals surface area contributed by atoms with Crippen molar-refractivity contribution in [3.63, 3.8) is 0 Å². The molecule has 1 aliphatic heterocycles. The molecular weight excluding hydrogens is 242 g/mol. The summed E-state index contributed by atoms with van der Waals surface area (Å²) in [6.45, 7) is 6.52. The van der Waals surface area contributed by atoms with Gasteiger partial charge in [-0.1, -0.05) is 42.0 Å². The van der Waals surface area contributed by atoms with Gasteiger partial charge in [0, 0.05) is 23.0 Å². The van der Waals surface area contributed by atoms with E-state index in [0.29, 0.717) is 5.92 Å². The Labute approximate surface area is 121 Å². The van der Waals surface area contributed by atoms with Gasteiger partial charge in [-0.05, 0) is 51.0 Å². The summed E-state index contributed by atoms with van der Waals surface area (Å²) in [4.78, 5) is 2.41. The molecule has 1 heterocycles. The summed E-state index contributed by atoms with van der Waals surface area (Å²) in [7, 11) is 0. The molecule has 102 valence electrons. The molecule has 0 saturated carbocycles. The highest BCUT2D eigenvalue weighted by Gasteiger charge is 2.34. The fourth-order valence-electron chi connectivity index (χ4n) is 3.23. The molecule has 0 fully saturated rings. The normalized spacial score (nSPS) is 22.1. The van der Waals surface area contributed by atoms with Crippen LogP contribution in [-0.2, 0) is 0 Å². The van der Waals surface area contributed by atoms with Gasteiger partial charge in [-0.2, -0.15) is 0 Å². The fraction of sp³-hybridized carbons (Fsp3) is 0.263. The van der Waals surface area contributed by atoms with Gasteiger partial charge in [0.15, 0.2) is 0 Å². The van der Waals surface area contributed by atoms with E-state index in [9.17, 15) is 0 Å². The lowest BCUT2D eigenvalue weighted by Crippen LogP contribution is -2.19. The summed E-state index contributed by atoms with van der Waals surface area (Å²) in [5.41, 5.74) is 6.85. The molecule has 20 heavy (non-hydrogen) atoms. The zero-order valence-corrected chi connectivity index (χ0v) is 12.4. The average molecular weight is 263 g/mol. The van der Waals surface area contributed by atoms with E-state index in [0.717, 1.165) is 6.42 Å². The van der Waals surface area contributed by atoms with Crippen molar-refractivity contribution in [2.45, 2.75) is 27.2 Å². The lowest BCUT2D eigenvalue weighted by molar-refractivity contribution is 0.742. The summed E-state index contributed by atoms with van der Waals surface area (Å²) in [6.07, 6.45) is 10.2. The van der Waals surface area contributed by atoms with Gasteiger partial charge < -0.3 is 4.90 Å². The Morgan fingerprint density at radius 1 is 1.15 bits per heavy atom. The minimum atomic E-state index is 0.509. The van der Waals surface area contributed by atoms with E-state index < -0.39 is 0 Å². The summed E-state index contributed by atoms with van der Waals surface area (Å²) < 4.78 is 0. The molecule has 0 bridgehead atoms. The quantitative estimate of drug-likeness (QED) is 0.708. The molecule has 1 nitrogen and oxygen atoms in total. The van der Waals surface area contributed by atoms with Crippen LogP contribution in [0.4, 0.5) is 5.69 Å². The number of benzene rings is 1. The van der Waals surface area contributed by atoms with Crippen LogP contribution in [0, 0.1) is 5.92 Å².